The van der Waals surface area contributed by atoms with E-state index >= 15 is 0 Å². The zero-order chi connectivity index (χ0) is 17.4. The number of piperazine rings is 1. The number of nitrogens with zero attached hydrogens (tertiary/aromatic N) is 5. The monoisotopic (exact) mass is 374 g/mol. The predicted molar refractivity (Wildman–Crippen MR) is 103 cm³/mol. The van der Waals surface area contributed by atoms with Crippen LogP contribution < -0.4 is 10.9 Å². The highest BCUT2D eigenvalue weighted by Crippen LogP contribution is 2.22. The second kappa shape index (κ2) is 7.57. The number of aromatic nitrogens is 4. The molecule has 0 bridgehead atoms. The van der Waals surface area contributed by atoms with E-state index < -0.39 is 0 Å². The first-order chi connectivity index (χ1) is 12.1. The van der Waals surface area contributed by atoms with Crippen molar-refractivity contribution >= 4 is 18.1 Å². The molecule has 3 aromatic heterocycles. The van der Waals surface area contributed by atoms with Crippen molar-refractivity contribution in [2.75, 3.05) is 19.6 Å². The molecule has 1 N–H and O–H groups in total. The molecule has 0 amide bonds. The maximum Gasteiger partial charge on any atom is 0.258 e. The summed E-state index contributed by atoms with van der Waals surface area (Å²) >= 11 is 0. The number of aryl methyl sites for hydroxylation is 2. The lowest BCUT2D eigenvalue weighted by molar-refractivity contribution is 0.143. The minimum absolute atomic E-state index is 0. The quantitative estimate of drug-likeness (QED) is 0.748. The van der Waals surface area contributed by atoms with Crippen LogP contribution in [0.2, 0.25) is 0 Å². The number of imidazole rings is 1. The number of hydrogen-bond acceptors (Lipinski definition) is 5. The largest absolute Gasteiger partial charge is 0.337 e. The van der Waals surface area contributed by atoms with Gasteiger partial charge in [-0.05, 0) is 18.6 Å². The standard InChI is InChI=1S/C18H22N6O.ClH/c1-13-4-3-7-24-16(25)10-14(21-17(13)24)12-23-9-5-19-11-15(23)18-20-6-8-22(18)2;/h3-4,6-8,10,15,19H,5,9,11-12H2,1-2H3;1H. The van der Waals surface area contributed by atoms with Gasteiger partial charge in [0.25, 0.3) is 5.56 Å². The Hall–Kier alpha value is -2.22. The average Bonchev–Trinajstić information content (AvgIpc) is 3.02. The van der Waals surface area contributed by atoms with Crippen LogP contribution in [-0.4, -0.2) is 43.5 Å². The Labute approximate surface area is 158 Å². The third kappa shape index (κ3) is 3.38. The van der Waals surface area contributed by atoms with E-state index in [0.717, 1.165) is 42.4 Å². The minimum Gasteiger partial charge on any atom is -0.337 e. The smallest absolute Gasteiger partial charge is 0.258 e. The summed E-state index contributed by atoms with van der Waals surface area (Å²) < 4.78 is 3.66. The highest BCUT2D eigenvalue weighted by atomic mass is 35.5. The zero-order valence-corrected chi connectivity index (χ0v) is 15.7. The first-order valence-corrected chi connectivity index (χ1v) is 8.53. The van der Waals surface area contributed by atoms with E-state index in [0.29, 0.717) is 6.54 Å². The van der Waals surface area contributed by atoms with Crippen LogP contribution in [0.15, 0.2) is 41.6 Å². The molecule has 0 aromatic carbocycles. The molecule has 3 aromatic rings. The summed E-state index contributed by atoms with van der Waals surface area (Å²) in [5, 5.41) is 3.43. The van der Waals surface area contributed by atoms with Gasteiger partial charge in [-0.15, -0.1) is 12.4 Å². The van der Waals surface area contributed by atoms with Crippen molar-refractivity contribution in [3.05, 3.63) is 64.2 Å². The Morgan fingerprint density at radius 1 is 1.35 bits per heavy atom. The summed E-state index contributed by atoms with van der Waals surface area (Å²) in [5.74, 6) is 1.03. The van der Waals surface area contributed by atoms with E-state index in [2.05, 4.69) is 19.8 Å². The second-order valence-corrected chi connectivity index (χ2v) is 6.56. The third-order valence-corrected chi connectivity index (χ3v) is 4.82. The molecule has 0 saturated carbocycles. The van der Waals surface area contributed by atoms with Crippen molar-refractivity contribution in [1.82, 2.24) is 29.2 Å². The van der Waals surface area contributed by atoms with Gasteiger partial charge < -0.3 is 9.88 Å². The van der Waals surface area contributed by atoms with Crippen LogP contribution in [0.3, 0.4) is 0 Å². The Bertz CT molecular complexity index is 966. The first kappa shape index (κ1) is 18.6. The molecule has 138 valence electrons. The van der Waals surface area contributed by atoms with Gasteiger partial charge in [-0.1, -0.05) is 6.07 Å². The SMILES string of the molecule is Cc1cccn2c(=O)cc(CN3CCNCC3c3nccn3C)nc12.Cl. The molecule has 8 heteroatoms. The highest BCUT2D eigenvalue weighted by Gasteiger charge is 2.27. The van der Waals surface area contributed by atoms with Gasteiger partial charge in [0.15, 0.2) is 0 Å². The topological polar surface area (TPSA) is 67.5 Å². The van der Waals surface area contributed by atoms with E-state index in [-0.39, 0.29) is 24.0 Å². The van der Waals surface area contributed by atoms with Crippen molar-refractivity contribution < 1.29 is 0 Å². The molecule has 4 heterocycles. The van der Waals surface area contributed by atoms with Gasteiger partial charge in [-0.2, -0.15) is 0 Å². The summed E-state index contributed by atoms with van der Waals surface area (Å²) in [4.78, 5) is 24.0. The summed E-state index contributed by atoms with van der Waals surface area (Å²) in [5.41, 5.74) is 2.50. The number of fused-ring (bicyclic) bond motifs is 1. The summed E-state index contributed by atoms with van der Waals surface area (Å²) in [6.07, 6.45) is 5.56. The van der Waals surface area contributed by atoms with Crippen molar-refractivity contribution in [1.29, 1.82) is 0 Å². The van der Waals surface area contributed by atoms with Crippen molar-refractivity contribution in [2.45, 2.75) is 19.5 Å². The molecule has 1 fully saturated rings. The van der Waals surface area contributed by atoms with Gasteiger partial charge in [-0.3, -0.25) is 14.1 Å². The van der Waals surface area contributed by atoms with Crippen LogP contribution in [0.4, 0.5) is 0 Å². The maximum absolute atomic E-state index is 12.4. The van der Waals surface area contributed by atoms with E-state index in [1.54, 1.807) is 16.7 Å². The minimum atomic E-state index is -0.0348. The number of pyridine rings is 1. The molecule has 1 atom stereocenters. The second-order valence-electron chi connectivity index (χ2n) is 6.56. The number of rotatable bonds is 3. The molecule has 0 radical (unpaired) electrons. The number of nitrogens with one attached hydrogen (secondary N) is 1. The Morgan fingerprint density at radius 2 is 2.19 bits per heavy atom. The van der Waals surface area contributed by atoms with Gasteiger partial charge in [0.2, 0.25) is 0 Å². The molecule has 1 saturated heterocycles. The molecule has 4 rings (SSSR count). The van der Waals surface area contributed by atoms with Crippen LogP contribution >= 0.6 is 12.4 Å². The van der Waals surface area contributed by atoms with Crippen molar-refractivity contribution in [3.63, 3.8) is 0 Å². The van der Waals surface area contributed by atoms with Crippen LogP contribution in [0.25, 0.3) is 5.65 Å². The van der Waals surface area contributed by atoms with Gasteiger partial charge in [0, 0.05) is 57.9 Å². The van der Waals surface area contributed by atoms with Crippen LogP contribution in [0, 0.1) is 6.92 Å². The van der Waals surface area contributed by atoms with E-state index in [9.17, 15) is 4.79 Å². The van der Waals surface area contributed by atoms with Gasteiger partial charge in [0.1, 0.15) is 11.5 Å². The summed E-state index contributed by atoms with van der Waals surface area (Å²) in [7, 11) is 2.01. The van der Waals surface area contributed by atoms with Crippen LogP contribution in [0.5, 0.6) is 0 Å². The van der Waals surface area contributed by atoms with Crippen LogP contribution in [-0.2, 0) is 13.6 Å². The molecular formula is C18H23ClN6O. The summed E-state index contributed by atoms with van der Waals surface area (Å²) in [6, 6.07) is 5.67. The van der Waals surface area contributed by atoms with Gasteiger partial charge in [-0.25, -0.2) is 9.97 Å². The molecule has 0 spiro atoms. The molecule has 1 aliphatic rings. The zero-order valence-electron chi connectivity index (χ0n) is 14.9. The van der Waals surface area contributed by atoms with Crippen molar-refractivity contribution in [3.8, 4) is 0 Å². The average molecular weight is 375 g/mol. The number of halogens is 1. The van der Waals surface area contributed by atoms with E-state index in [4.69, 9.17) is 4.98 Å². The normalized spacial score (nSPS) is 18.0. The fourth-order valence-corrected chi connectivity index (χ4v) is 3.49. The Morgan fingerprint density at radius 3 is 2.96 bits per heavy atom. The third-order valence-electron chi connectivity index (χ3n) is 4.82. The van der Waals surface area contributed by atoms with E-state index in [1.807, 2.05) is 38.5 Å². The lowest BCUT2D eigenvalue weighted by Crippen LogP contribution is -2.46. The van der Waals surface area contributed by atoms with Crippen LogP contribution in [0.1, 0.15) is 23.1 Å². The molecular weight excluding hydrogens is 352 g/mol. The predicted octanol–water partition coefficient (Wildman–Crippen LogP) is 1.30. The highest BCUT2D eigenvalue weighted by molar-refractivity contribution is 5.85. The molecule has 1 aliphatic heterocycles. The number of hydrogen-bond donors (Lipinski definition) is 1. The molecule has 1 unspecified atom stereocenters. The Balaban J connectivity index is 0.00000196. The van der Waals surface area contributed by atoms with Gasteiger partial charge in [0.05, 0.1) is 11.7 Å². The molecule has 26 heavy (non-hydrogen) atoms. The summed E-state index contributed by atoms with van der Waals surface area (Å²) in [6.45, 7) is 5.28. The first-order valence-electron chi connectivity index (χ1n) is 8.53. The van der Waals surface area contributed by atoms with Crippen molar-refractivity contribution in [2.24, 2.45) is 7.05 Å². The Kier molecular flexibility index (Phi) is 5.41. The lowest BCUT2D eigenvalue weighted by atomic mass is 10.1. The fraction of sp³-hybridized carbons (Fsp3) is 0.389. The van der Waals surface area contributed by atoms with Gasteiger partial charge >= 0.3 is 0 Å². The fourth-order valence-electron chi connectivity index (χ4n) is 3.49. The maximum atomic E-state index is 12.4. The van der Waals surface area contributed by atoms with E-state index in [1.165, 1.54) is 0 Å². The molecule has 0 aliphatic carbocycles. The lowest BCUT2D eigenvalue weighted by Gasteiger charge is -2.35. The molecule has 7 nitrogen and oxygen atoms in total.